The number of carbonyl (C=O) groups excluding carboxylic acids is 1. The zero-order valence-electron chi connectivity index (χ0n) is 5.50. The molecule has 0 saturated carbocycles. The van der Waals surface area contributed by atoms with Gasteiger partial charge in [-0.3, -0.25) is 4.98 Å². The van der Waals surface area contributed by atoms with Crippen LogP contribution in [0.4, 0.5) is 4.39 Å². The number of alkyl halides is 1. The minimum atomic E-state index is -0.782. The summed E-state index contributed by atoms with van der Waals surface area (Å²) in [6.07, 6.45) is 1.57. The molecule has 0 aromatic carbocycles. The average molecular weight is 174 g/mol. The Labute approximate surface area is 68.0 Å². The smallest absolute Gasteiger partial charge is 0.143 e. The van der Waals surface area contributed by atoms with Crippen molar-refractivity contribution >= 4 is 17.9 Å². The molecule has 11 heavy (non-hydrogen) atoms. The van der Waals surface area contributed by atoms with E-state index in [1.165, 1.54) is 12.1 Å². The predicted molar refractivity (Wildman–Crippen MR) is 38.9 cm³/mol. The summed E-state index contributed by atoms with van der Waals surface area (Å²) in [6, 6.07) is 2.59. The minimum absolute atomic E-state index is 0.364. The fourth-order valence-corrected chi connectivity index (χ4v) is 0.749. The molecule has 0 spiro atoms. The third kappa shape index (κ3) is 1.98. The van der Waals surface area contributed by atoms with Gasteiger partial charge in [-0.2, -0.15) is 0 Å². The number of nitrogens with zero attached hydrogens (tertiary/aromatic N) is 1. The molecule has 0 radical (unpaired) electrons. The van der Waals surface area contributed by atoms with E-state index < -0.39 is 11.2 Å². The quantitative estimate of drug-likeness (QED) is 0.503. The second-order valence-corrected chi connectivity index (χ2v) is 2.41. The van der Waals surface area contributed by atoms with Gasteiger partial charge >= 0.3 is 0 Å². The lowest BCUT2D eigenvalue weighted by Gasteiger charge is -1.98. The van der Waals surface area contributed by atoms with Crippen LogP contribution in [0.15, 0.2) is 18.3 Å². The molecule has 1 heterocycles. The third-order valence-electron chi connectivity index (χ3n) is 1.15. The summed E-state index contributed by atoms with van der Waals surface area (Å²) in [7, 11) is 0. The highest BCUT2D eigenvalue weighted by Gasteiger charge is 2.06. The molecule has 0 saturated heterocycles. The molecule has 1 atom stereocenters. The first-order valence-corrected chi connectivity index (χ1v) is 3.38. The van der Waals surface area contributed by atoms with Crippen LogP contribution in [0.3, 0.4) is 0 Å². The predicted octanol–water partition coefficient (Wildman–Crippen LogP) is 1.70. The van der Waals surface area contributed by atoms with Crippen LogP contribution in [-0.2, 0) is 4.79 Å². The van der Waals surface area contributed by atoms with Crippen LogP contribution < -0.4 is 0 Å². The zero-order chi connectivity index (χ0) is 8.27. The highest BCUT2D eigenvalue weighted by Crippen LogP contribution is 2.14. The molecule has 1 aromatic rings. The van der Waals surface area contributed by atoms with E-state index in [9.17, 15) is 9.18 Å². The van der Waals surface area contributed by atoms with Gasteiger partial charge in [-0.25, -0.2) is 4.39 Å². The van der Waals surface area contributed by atoms with Crippen molar-refractivity contribution in [3.8, 4) is 0 Å². The SMILES string of the molecule is O=CC(Cl)c1ccc(F)cn1. The van der Waals surface area contributed by atoms with E-state index in [0.29, 0.717) is 12.0 Å². The Bertz CT molecular complexity index is 249. The fourth-order valence-electron chi connectivity index (χ4n) is 0.620. The molecule has 2 nitrogen and oxygen atoms in total. The monoisotopic (exact) mass is 173 g/mol. The van der Waals surface area contributed by atoms with Gasteiger partial charge < -0.3 is 4.79 Å². The van der Waals surface area contributed by atoms with E-state index in [0.717, 1.165) is 6.20 Å². The number of hydrogen-bond acceptors (Lipinski definition) is 2. The van der Waals surface area contributed by atoms with Crippen LogP contribution in [0, 0.1) is 5.82 Å². The van der Waals surface area contributed by atoms with Gasteiger partial charge in [0.15, 0.2) is 0 Å². The minimum Gasteiger partial charge on any atom is -0.301 e. The maximum absolute atomic E-state index is 12.3. The number of aldehydes is 1. The molecular weight excluding hydrogens is 169 g/mol. The maximum atomic E-state index is 12.3. The summed E-state index contributed by atoms with van der Waals surface area (Å²) in [5.41, 5.74) is 0.364. The van der Waals surface area contributed by atoms with E-state index in [1.807, 2.05) is 0 Å². The van der Waals surface area contributed by atoms with Crippen molar-refractivity contribution in [1.29, 1.82) is 0 Å². The highest BCUT2D eigenvalue weighted by atomic mass is 35.5. The van der Waals surface area contributed by atoms with Crippen molar-refractivity contribution in [1.82, 2.24) is 4.98 Å². The molecule has 0 fully saturated rings. The van der Waals surface area contributed by atoms with Crippen LogP contribution in [0.25, 0.3) is 0 Å². The third-order valence-corrected chi connectivity index (χ3v) is 1.48. The molecule has 0 aliphatic carbocycles. The van der Waals surface area contributed by atoms with Crippen molar-refractivity contribution in [3.05, 3.63) is 29.8 Å². The maximum Gasteiger partial charge on any atom is 0.143 e. The van der Waals surface area contributed by atoms with E-state index in [-0.39, 0.29) is 0 Å². The molecular formula is C7H5ClFNO. The Hall–Kier alpha value is -0.960. The van der Waals surface area contributed by atoms with Crippen molar-refractivity contribution in [3.63, 3.8) is 0 Å². The lowest BCUT2D eigenvalue weighted by Crippen LogP contribution is -1.94. The zero-order valence-corrected chi connectivity index (χ0v) is 6.25. The van der Waals surface area contributed by atoms with Gasteiger partial charge in [-0.1, -0.05) is 0 Å². The van der Waals surface area contributed by atoms with Gasteiger partial charge in [0.1, 0.15) is 17.5 Å². The molecule has 1 rings (SSSR count). The number of halogens is 2. The summed E-state index contributed by atoms with van der Waals surface area (Å²) < 4.78 is 12.3. The van der Waals surface area contributed by atoms with Gasteiger partial charge in [-0.05, 0) is 12.1 Å². The van der Waals surface area contributed by atoms with E-state index in [4.69, 9.17) is 11.6 Å². The van der Waals surface area contributed by atoms with Gasteiger partial charge in [0.2, 0.25) is 0 Å². The first-order chi connectivity index (χ1) is 5.24. The molecule has 4 heteroatoms. The molecule has 58 valence electrons. The Balaban J connectivity index is 2.89. The summed E-state index contributed by atoms with van der Waals surface area (Å²) in [6.45, 7) is 0. The molecule has 1 unspecified atom stereocenters. The molecule has 0 aliphatic heterocycles. The van der Waals surface area contributed by atoms with Crippen LogP contribution in [0.1, 0.15) is 11.1 Å². The normalized spacial score (nSPS) is 12.5. The van der Waals surface area contributed by atoms with E-state index >= 15 is 0 Å². The van der Waals surface area contributed by atoms with E-state index in [1.54, 1.807) is 0 Å². The molecule has 0 N–H and O–H groups in total. The molecule has 1 aromatic heterocycles. The number of carbonyl (C=O) groups is 1. The summed E-state index contributed by atoms with van der Waals surface area (Å²) >= 11 is 5.49. The van der Waals surface area contributed by atoms with Crippen molar-refractivity contribution in [2.24, 2.45) is 0 Å². The number of hydrogen-bond donors (Lipinski definition) is 0. The molecule has 0 amide bonds. The number of rotatable bonds is 2. The summed E-state index contributed by atoms with van der Waals surface area (Å²) in [5.74, 6) is -0.441. The van der Waals surface area contributed by atoms with Crippen molar-refractivity contribution in [2.45, 2.75) is 5.38 Å². The van der Waals surface area contributed by atoms with Gasteiger partial charge in [0.25, 0.3) is 0 Å². The van der Waals surface area contributed by atoms with Gasteiger partial charge in [-0.15, -0.1) is 11.6 Å². The Morgan fingerprint density at radius 1 is 1.64 bits per heavy atom. The standard InChI is InChI=1S/C7H5ClFNO/c8-6(4-11)7-2-1-5(9)3-10-7/h1-4,6H. The molecule has 0 aliphatic rings. The average Bonchev–Trinajstić information content (AvgIpc) is 2.05. The fraction of sp³-hybridized carbons (Fsp3) is 0.143. The van der Waals surface area contributed by atoms with Crippen LogP contribution in [0.5, 0.6) is 0 Å². The Kier molecular flexibility index (Phi) is 2.54. The van der Waals surface area contributed by atoms with Crippen LogP contribution >= 0.6 is 11.6 Å². The topological polar surface area (TPSA) is 30.0 Å². The second-order valence-electron chi connectivity index (χ2n) is 1.94. The first kappa shape index (κ1) is 8.14. The van der Waals surface area contributed by atoms with Gasteiger partial charge in [0, 0.05) is 0 Å². The van der Waals surface area contributed by atoms with E-state index in [2.05, 4.69) is 4.98 Å². The van der Waals surface area contributed by atoms with Gasteiger partial charge in [0.05, 0.1) is 11.9 Å². The lowest BCUT2D eigenvalue weighted by molar-refractivity contribution is -0.107. The highest BCUT2D eigenvalue weighted by molar-refractivity contribution is 6.27. The summed E-state index contributed by atoms with van der Waals surface area (Å²) in [5, 5.41) is -0.782. The largest absolute Gasteiger partial charge is 0.301 e. The van der Waals surface area contributed by atoms with Crippen LogP contribution in [0.2, 0.25) is 0 Å². The number of pyridine rings is 1. The summed E-state index contributed by atoms with van der Waals surface area (Å²) in [4.78, 5) is 13.7. The Morgan fingerprint density at radius 3 is 2.82 bits per heavy atom. The van der Waals surface area contributed by atoms with Crippen molar-refractivity contribution in [2.75, 3.05) is 0 Å². The lowest BCUT2D eigenvalue weighted by atomic mass is 10.3. The Morgan fingerprint density at radius 2 is 2.36 bits per heavy atom. The number of aromatic nitrogens is 1. The molecule has 0 bridgehead atoms. The van der Waals surface area contributed by atoms with Crippen molar-refractivity contribution < 1.29 is 9.18 Å². The van der Waals surface area contributed by atoms with Crippen LogP contribution in [-0.4, -0.2) is 11.3 Å². The second kappa shape index (κ2) is 3.44. The first-order valence-electron chi connectivity index (χ1n) is 2.95.